The molecule has 2 aromatic heterocycles. The Morgan fingerprint density at radius 1 is 1.63 bits per heavy atom. The maximum absolute atomic E-state index is 11.8. The highest BCUT2D eigenvalue weighted by molar-refractivity contribution is 7.15. The highest BCUT2D eigenvalue weighted by Gasteiger charge is 2.21. The van der Waals surface area contributed by atoms with Gasteiger partial charge in [-0.3, -0.25) is 18.9 Å². The summed E-state index contributed by atoms with van der Waals surface area (Å²) >= 11 is 1.38. The molecule has 0 aliphatic heterocycles. The van der Waals surface area contributed by atoms with E-state index in [4.69, 9.17) is 5.11 Å². The van der Waals surface area contributed by atoms with Gasteiger partial charge < -0.3 is 5.11 Å². The molecule has 0 fully saturated rings. The van der Waals surface area contributed by atoms with Gasteiger partial charge in [-0.1, -0.05) is 6.92 Å². The molecule has 0 amide bonds. The van der Waals surface area contributed by atoms with Crippen molar-refractivity contribution in [3.05, 3.63) is 33.7 Å². The van der Waals surface area contributed by atoms with Gasteiger partial charge in [0, 0.05) is 24.2 Å². The second kappa shape index (κ2) is 5.50. The van der Waals surface area contributed by atoms with E-state index in [1.165, 1.54) is 21.8 Å². The number of carboxylic acids is 1. The van der Waals surface area contributed by atoms with Gasteiger partial charge in [0.05, 0.1) is 5.69 Å². The summed E-state index contributed by atoms with van der Waals surface area (Å²) in [5.74, 6) is -0.862. The molecular formula is C12H15N3O3S. The van der Waals surface area contributed by atoms with E-state index in [-0.39, 0.29) is 5.56 Å². The van der Waals surface area contributed by atoms with Crippen molar-refractivity contribution in [2.24, 2.45) is 0 Å². The molecule has 2 rings (SSSR count). The van der Waals surface area contributed by atoms with Crippen molar-refractivity contribution in [3.63, 3.8) is 0 Å². The van der Waals surface area contributed by atoms with E-state index in [2.05, 4.69) is 4.98 Å². The van der Waals surface area contributed by atoms with Gasteiger partial charge in [-0.2, -0.15) is 0 Å². The minimum absolute atomic E-state index is 0.141. The summed E-state index contributed by atoms with van der Waals surface area (Å²) in [5.41, 5.74) is 0.452. The van der Waals surface area contributed by atoms with Crippen LogP contribution in [0.2, 0.25) is 0 Å². The summed E-state index contributed by atoms with van der Waals surface area (Å²) in [7, 11) is 1.72. The summed E-state index contributed by atoms with van der Waals surface area (Å²) in [6.45, 7) is 2.16. The molecule has 19 heavy (non-hydrogen) atoms. The summed E-state index contributed by atoms with van der Waals surface area (Å²) in [6.07, 6.45) is 2.18. The van der Waals surface area contributed by atoms with Crippen LogP contribution >= 0.6 is 11.3 Å². The van der Waals surface area contributed by atoms with Gasteiger partial charge in [-0.25, -0.2) is 4.98 Å². The third kappa shape index (κ3) is 2.82. The largest absolute Gasteiger partial charge is 0.480 e. The Bertz CT molecular complexity index is 649. The minimum Gasteiger partial charge on any atom is -0.480 e. The molecule has 0 spiro atoms. The highest BCUT2D eigenvalue weighted by Crippen LogP contribution is 2.10. The van der Waals surface area contributed by atoms with Gasteiger partial charge in [0.1, 0.15) is 6.04 Å². The molecule has 1 N–H and O–H groups in total. The predicted octanol–water partition coefficient (Wildman–Crippen LogP) is 1.05. The van der Waals surface area contributed by atoms with Crippen molar-refractivity contribution in [2.75, 3.05) is 7.05 Å². The van der Waals surface area contributed by atoms with Crippen LogP contribution in [-0.4, -0.2) is 38.4 Å². The van der Waals surface area contributed by atoms with Crippen LogP contribution in [0.3, 0.4) is 0 Å². The summed E-state index contributed by atoms with van der Waals surface area (Å²) in [6, 6.07) is 0.883. The zero-order valence-corrected chi connectivity index (χ0v) is 11.6. The molecule has 102 valence electrons. The monoisotopic (exact) mass is 281 g/mol. The number of aromatic nitrogens is 2. The highest BCUT2D eigenvalue weighted by atomic mass is 32.1. The predicted molar refractivity (Wildman–Crippen MR) is 72.5 cm³/mol. The van der Waals surface area contributed by atoms with E-state index in [9.17, 15) is 9.59 Å². The first-order chi connectivity index (χ1) is 9.02. The Morgan fingerprint density at radius 2 is 2.37 bits per heavy atom. The Kier molecular flexibility index (Phi) is 3.96. The van der Waals surface area contributed by atoms with Crippen molar-refractivity contribution in [3.8, 4) is 0 Å². The molecule has 0 aliphatic carbocycles. The Morgan fingerprint density at radius 3 is 3.00 bits per heavy atom. The third-order valence-electron chi connectivity index (χ3n) is 2.97. The molecule has 0 saturated carbocycles. The van der Waals surface area contributed by atoms with Crippen LogP contribution < -0.4 is 5.56 Å². The maximum atomic E-state index is 11.8. The maximum Gasteiger partial charge on any atom is 0.320 e. The van der Waals surface area contributed by atoms with Crippen LogP contribution in [0.15, 0.2) is 22.4 Å². The van der Waals surface area contributed by atoms with Crippen molar-refractivity contribution in [2.45, 2.75) is 25.9 Å². The van der Waals surface area contributed by atoms with E-state index < -0.39 is 12.0 Å². The molecule has 7 heteroatoms. The molecule has 0 aliphatic rings. The molecule has 0 radical (unpaired) electrons. The van der Waals surface area contributed by atoms with Gasteiger partial charge in [0.25, 0.3) is 5.56 Å². The van der Waals surface area contributed by atoms with Crippen molar-refractivity contribution >= 4 is 22.3 Å². The number of nitrogens with zero attached hydrogens (tertiary/aromatic N) is 3. The lowest BCUT2D eigenvalue weighted by Crippen LogP contribution is -2.37. The quantitative estimate of drug-likeness (QED) is 0.886. The van der Waals surface area contributed by atoms with Crippen LogP contribution in [0.25, 0.3) is 4.96 Å². The van der Waals surface area contributed by atoms with E-state index >= 15 is 0 Å². The molecule has 2 heterocycles. The van der Waals surface area contributed by atoms with Gasteiger partial charge in [0.15, 0.2) is 4.96 Å². The van der Waals surface area contributed by atoms with Crippen LogP contribution in [0.5, 0.6) is 0 Å². The fourth-order valence-corrected chi connectivity index (χ4v) is 2.75. The van der Waals surface area contributed by atoms with E-state index in [0.29, 0.717) is 23.6 Å². The molecular weight excluding hydrogens is 266 g/mol. The number of carbonyl (C=O) groups is 1. The molecule has 1 unspecified atom stereocenters. The number of thiazole rings is 1. The molecule has 0 aromatic carbocycles. The minimum atomic E-state index is -0.862. The number of likely N-dealkylation sites (N-methyl/N-ethyl adjacent to an activating group) is 1. The van der Waals surface area contributed by atoms with Crippen LogP contribution in [0.1, 0.15) is 19.0 Å². The topological polar surface area (TPSA) is 74.9 Å². The standard InChI is InChI=1S/C12H15N3O3S/c1-3-9(11(17)18)14(2)7-8-6-10(16)15-4-5-19-12(15)13-8/h4-6,9H,3,7H2,1-2H3,(H,17,18). The Hall–Kier alpha value is -1.73. The fraction of sp³-hybridized carbons (Fsp3) is 0.417. The number of hydrogen-bond acceptors (Lipinski definition) is 5. The van der Waals surface area contributed by atoms with Crippen LogP contribution in [0.4, 0.5) is 0 Å². The molecule has 0 saturated heterocycles. The SMILES string of the molecule is CCC(C(=O)O)N(C)Cc1cc(=O)n2ccsc2n1. The average molecular weight is 281 g/mol. The zero-order valence-electron chi connectivity index (χ0n) is 10.7. The van der Waals surface area contributed by atoms with E-state index in [1.807, 2.05) is 6.92 Å². The second-order valence-corrected chi connectivity index (χ2v) is 5.19. The van der Waals surface area contributed by atoms with Crippen molar-refractivity contribution in [1.82, 2.24) is 14.3 Å². The van der Waals surface area contributed by atoms with Crippen LogP contribution in [-0.2, 0) is 11.3 Å². The number of hydrogen-bond donors (Lipinski definition) is 1. The normalized spacial score (nSPS) is 13.0. The Labute approximate surface area is 113 Å². The first kappa shape index (κ1) is 13.7. The van der Waals surface area contributed by atoms with Gasteiger partial charge in [-0.05, 0) is 13.5 Å². The molecule has 2 aromatic rings. The smallest absolute Gasteiger partial charge is 0.320 e. The van der Waals surface area contributed by atoms with Crippen molar-refractivity contribution in [1.29, 1.82) is 0 Å². The zero-order chi connectivity index (χ0) is 14.0. The average Bonchev–Trinajstić information content (AvgIpc) is 2.77. The third-order valence-corrected chi connectivity index (χ3v) is 3.73. The summed E-state index contributed by atoms with van der Waals surface area (Å²) < 4.78 is 1.47. The summed E-state index contributed by atoms with van der Waals surface area (Å²) in [5, 5.41) is 10.9. The molecule has 0 bridgehead atoms. The van der Waals surface area contributed by atoms with Gasteiger partial charge in [-0.15, -0.1) is 11.3 Å². The van der Waals surface area contributed by atoms with E-state index in [0.717, 1.165) is 0 Å². The Balaban J connectivity index is 2.25. The lowest BCUT2D eigenvalue weighted by molar-refractivity contribution is -0.143. The lowest BCUT2D eigenvalue weighted by atomic mass is 10.2. The first-order valence-electron chi connectivity index (χ1n) is 5.91. The van der Waals surface area contributed by atoms with Crippen LogP contribution in [0, 0.1) is 0 Å². The van der Waals surface area contributed by atoms with Crippen molar-refractivity contribution < 1.29 is 9.90 Å². The number of aliphatic carboxylic acids is 1. The van der Waals surface area contributed by atoms with E-state index in [1.54, 1.807) is 23.5 Å². The molecule has 1 atom stereocenters. The first-order valence-corrected chi connectivity index (χ1v) is 6.79. The number of carboxylic acid groups (broad SMARTS) is 1. The summed E-state index contributed by atoms with van der Waals surface area (Å²) in [4.78, 5) is 29.6. The number of rotatable bonds is 5. The van der Waals surface area contributed by atoms with Gasteiger partial charge in [0.2, 0.25) is 0 Å². The van der Waals surface area contributed by atoms with Gasteiger partial charge >= 0.3 is 5.97 Å². The second-order valence-electron chi connectivity index (χ2n) is 4.32. The fourth-order valence-electron chi connectivity index (χ4n) is 2.01. The molecule has 6 nitrogen and oxygen atoms in total. The lowest BCUT2D eigenvalue weighted by Gasteiger charge is -2.22. The number of fused-ring (bicyclic) bond motifs is 1.